The molecule has 0 saturated carbocycles. The highest BCUT2D eigenvalue weighted by atomic mass is 15.1. The van der Waals surface area contributed by atoms with E-state index in [9.17, 15) is 0 Å². The van der Waals surface area contributed by atoms with E-state index in [2.05, 4.69) is 28.1 Å². The lowest BCUT2D eigenvalue weighted by atomic mass is 10.1. The van der Waals surface area contributed by atoms with Gasteiger partial charge in [0, 0.05) is 25.5 Å². The fourth-order valence-corrected chi connectivity index (χ4v) is 1.89. The van der Waals surface area contributed by atoms with Crippen LogP contribution in [0.4, 0.5) is 5.69 Å². The van der Waals surface area contributed by atoms with Gasteiger partial charge < -0.3 is 4.90 Å². The summed E-state index contributed by atoms with van der Waals surface area (Å²) in [5, 5.41) is 9.11. The molecule has 0 fully saturated rings. The third-order valence-corrected chi connectivity index (χ3v) is 2.81. The van der Waals surface area contributed by atoms with Crippen molar-refractivity contribution < 1.29 is 0 Å². The summed E-state index contributed by atoms with van der Waals surface area (Å²) < 4.78 is 0. The van der Waals surface area contributed by atoms with Crippen LogP contribution in [0.3, 0.4) is 0 Å². The topological polar surface area (TPSA) is 39.9 Å². The smallest absolute Gasteiger partial charge is 0.103 e. The molecule has 2 aromatic rings. The van der Waals surface area contributed by atoms with Crippen LogP contribution < -0.4 is 4.90 Å². The molecule has 0 atom stereocenters. The lowest BCUT2D eigenvalue weighted by molar-refractivity contribution is 0.915. The first-order valence-electron chi connectivity index (χ1n) is 5.82. The number of aryl methyl sites for hydroxylation is 1. The second kappa shape index (κ2) is 5.33. The number of anilines is 1. The average Bonchev–Trinajstić information content (AvgIpc) is 2.40. The molecule has 0 aliphatic heterocycles. The van der Waals surface area contributed by atoms with E-state index in [1.54, 1.807) is 6.20 Å². The molecule has 3 nitrogen and oxygen atoms in total. The highest BCUT2D eigenvalue weighted by Crippen LogP contribution is 2.20. The molecule has 90 valence electrons. The van der Waals surface area contributed by atoms with Crippen LogP contribution >= 0.6 is 0 Å². The van der Waals surface area contributed by atoms with Crippen molar-refractivity contribution in [2.45, 2.75) is 13.5 Å². The van der Waals surface area contributed by atoms with Gasteiger partial charge in [0.15, 0.2) is 0 Å². The SMILES string of the molecule is Cc1cc(N(C)Cc2ccccc2)c(C#N)cn1. The summed E-state index contributed by atoms with van der Waals surface area (Å²) in [6, 6.07) is 14.3. The van der Waals surface area contributed by atoms with Crippen molar-refractivity contribution >= 4 is 5.69 Å². The van der Waals surface area contributed by atoms with Crippen LogP contribution in [0, 0.1) is 18.3 Å². The third-order valence-electron chi connectivity index (χ3n) is 2.81. The molecule has 0 radical (unpaired) electrons. The molecule has 0 bridgehead atoms. The predicted octanol–water partition coefficient (Wildman–Crippen LogP) is 2.90. The monoisotopic (exact) mass is 237 g/mol. The Morgan fingerprint density at radius 2 is 2.00 bits per heavy atom. The summed E-state index contributed by atoms with van der Waals surface area (Å²) in [7, 11) is 1.99. The number of hydrogen-bond donors (Lipinski definition) is 0. The van der Waals surface area contributed by atoms with E-state index in [0.29, 0.717) is 5.56 Å². The van der Waals surface area contributed by atoms with Crippen LogP contribution in [0.2, 0.25) is 0 Å². The zero-order chi connectivity index (χ0) is 13.0. The number of hydrogen-bond acceptors (Lipinski definition) is 3. The van der Waals surface area contributed by atoms with E-state index in [0.717, 1.165) is 17.9 Å². The Morgan fingerprint density at radius 3 is 2.67 bits per heavy atom. The van der Waals surface area contributed by atoms with Gasteiger partial charge in [-0.25, -0.2) is 0 Å². The summed E-state index contributed by atoms with van der Waals surface area (Å²) >= 11 is 0. The minimum absolute atomic E-state index is 0.610. The molecule has 0 aliphatic carbocycles. The number of nitrogens with zero attached hydrogens (tertiary/aromatic N) is 3. The molecule has 0 unspecified atom stereocenters. The lowest BCUT2D eigenvalue weighted by Crippen LogP contribution is -2.17. The maximum Gasteiger partial charge on any atom is 0.103 e. The summed E-state index contributed by atoms with van der Waals surface area (Å²) in [6.07, 6.45) is 1.63. The zero-order valence-electron chi connectivity index (χ0n) is 10.6. The van der Waals surface area contributed by atoms with E-state index < -0.39 is 0 Å². The molecule has 1 aromatic heterocycles. The van der Waals surface area contributed by atoms with Crippen LogP contribution in [-0.4, -0.2) is 12.0 Å². The quantitative estimate of drug-likeness (QED) is 0.824. The molecule has 1 aromatic carbocycles. The second-order valence-corrected chi connectivity index (χ2v) is 4.30. The van der Waals surface area contributed by atoms with Crippen molar-refractivity contribution in [3.8, 4) is 6.07 Å². The van der Waals surface area contributed by atoms with Gasteiger partial charge in [-0.3, -0.25) is 4.98 Å². The van der Waals surface area contributed by atoms with Gasteiger partial charge in [0.2, 0.25) is 0 Å². The first-order chi connectivity index (χ1) is 8.70. The number of nitriles is 1. The number of pyridine rings is 1. The molecular weight excluding hydrogens is 222 g/mol. The Bertz CT molecular complexity index is 570. The van der Waals surface area contributed by atoms with E-state index >= 15 is 0 Å². The first-order valence-corrected chi connectivity index (χ1v) is 5.82. The largest absolute Gasteiger partial charge is 0.369 e. The van der Waals surface area contributed by atoms with Crippen LogP contribution in [0.15, 0.2) is 42.6 Å². The van der Waals surface area contributed by atoms with Gasteiger partial charge in [-0.1, -0.05) is 30.3 Å². The van der Waals surface area contributed by atoms with Crippen LogP contribution in [-0.2, 0) is 6.54 Å². The molecule has 0 N–H and O–H groups in total. The molecule has 1 heterocycles. The minimum Gasteiger partial charge on any atom is -0.369 e. The average molecular weight is 237 g/mol. The van der Waals surface area contributed by atoms with Gasteiger partial charge in [-0.2, -0.15) is 5.26 Å². The maximum atomic E-state index is 9.11. The van der Waals surface area contributed by atoms with E-state index in [1.807, 2.05) is 38.2 Å². The van der Waals surface area contributed by atoms with E-state index in [1.165, 1.54) is 5.56 Å². The van der Waals surface area contributed by atoms with Crippen molar-refractivity contribution in [1.29, 1.82) is 5.26 Å². The van der Waals surface area contributed by atoms with Crippen molar-refractivity contribution in [3.63, 3.8) is 0 Å². The molecule has 3 heteroatoms. The van der Waals surface area contributed by atoms with Gasteiger partial charge in [0.1, 0.15) is 6.07 Å². The lowest BCUT2D eigenvalue weighted by Gasteiger charge is -2.20. The van der Waals surface area contributed by atoms with E-state index in [-0.39, 0.29) is 0 Å². The standard InChI is InChI=1S/C15H15N3/c1-12-8-15(14(9-16)10-17-12)18(2)11-13-6-4-3-5-7-13/h3-8,10H,11H2,1-2H3. The molecule has 2 rings (SSSR count). The Balaban J connectivity index is 2.26. The summed E-state index contributed by atoms with van der Waals surface area (Å²) in [4.78, 5) is 6.22. The summed E-state index contributed by atoms with van der Waals surface area (Å²) in [5.74, 6) is 0. The summed E-state index contributed by atoms with van der Waals surface area (Å²) in [6.45, 7) is 2.71. The number of benzene rings is 1. The molecule has 0 spiro atoms. The Kier molecular flexibility index (Phi) is 3.59. The second-order valence-electron chi connectivity index (χ2n) is 4.30. The zero-order valence-corrected chi connectivity index (χ0v) is 10.6. The van der Waals surface area contributed by atoms with Crippen molar-refractivity contribution in [2.75, 3.05) is 11.9 Å². The summed E-state index contributed by atoms with van der Waals surface area (Å²) in [5.41, 5.74) is 3.68. The van der Waals surface area contributed by atoms with Crippen LogP contribution in [0.5, 0.6) is 0 Å². The van der Waals surface area contributed by atoms with E-state index in [4.69, 9.17) is 5.26 Å². The molecule has 0 aliphatic rings. The van der Waals surface area contributed by atoms with Gasteiger partial charge >= 0.3 is 0 Å². The highest BCUT2D eigenvalue weighted by molar-refractivity contribution is 5.58. The number of rotatable bonds is 3. The Hall–Kier alpha value is -2.34. The first kappa shape index (κ1) is 12.1. The molecule has 0 amide bonds. The normalized spacial score (nSPS) is 9.83. The van der Waals surface area contributed by atoms with Gasteiger partial charge in [-0.15, -0.1) is 0 Å². The van der Waals surface area contributed by atoms with Gasteiger partial charge in [0.05, 0.1) is 11.3 Å². The third kappa shape index (κ3) is 2.67. The molecule has 18 heavy (non-hydrogen) atoms. The molecule has 0 saturated heterocycles. The minimum atomic E-state index is 0.610. The Labute approximate surface area is 107 Å². The van der Waals surface area contributed by atoms with Gasteiger partial charge in [0.25, 0.3) is 0 Å². The molecular formula is C15H15N3. The predicted molar refractivity (Wildman–Crippen MR) is 72.2 cm³/mol. The fraction of sp³-hybridized carbons (Fsp3) is 0.200. The van der Waals surface area contributed by atoms with Gasteiger partial charge in [-0.05, 0) is 18.6 Å². The van der Waals surface area contributed by atoms with Crippen molar-refractivity contribution in [1.82, 2.24) is 4.98 Å². The highest BCUT2D eigenvalue weighted by Gasteiger charge is 2.08. The van der Waals surface area contributed by atoms with Crippen molar-refractivity contribution in [3.05, 3.63) is 59.4 Å². The Morgan fingerprint density at radius 1 is 1.28 bits per heavy atom. The fourth-order valence-electron chi connectivity index (χ4n) is 1.89. The number of aromatic nitrogens is 1. The van der Waals surface area contributed by atoms with Crippen LogP contribution in [0.25, 0.3) is 0 Å². The maximum absolute atomic E-state index is 9.11. The van der Waals surface area contributed by atoms with Crippen LogP contribution in [0.1, 0.15) is 16.8 Å². The van der Waals surface area contributed by atoms with Crippen molar-refractivity contribution in [2.24, 2.45) is 0 Å².